The minimum atomic E-state index is -0.140. The van der Waals surface area contributed by atoms with Crippen LogP contribution in [0.4, 0.5) is 34.1 Å². The number of hydrogen-bond acceptors (Lipinski definition) is 3. The van der Waals surface area contributed by atoms with Gasteiger partial charge in [0, 0.05) is 33.3 Å². The van der Waals surface area contributed by atoms with Crippen molar-refractivity contribution in [1.29, 1.82) is 0 Å². The molecule has 2 aliphatic heterocycles. The number of benzene rings is 6. The van der Waals surface area contributed by atoms with E-state index in [9.17, 15) is 4.79 Å². The van der Waals surface area contributed by atoms with Crippen LogP contribution in [0.25, 0.3) is 0 Å². The molecule has 2 heterocycles. The van der Waals surface area contributed by atoms with Crippen LogP contribution in [0, 0.1) is 0 Å². The van der Waals surface area contributed by atoms with Gasteiger partial charge in [0.05, 0.1) is 22.7 Å². The summed E-state index contributed by atoms with van der Waals surface area (Å²) in [5.74, 6) is 0.00141. The third-order valence-corrected chi connectivity index (χ3v) is 10.0. The van der Waals surface area contributed by atoms with E-state index in [0.29, 0.717) is 11.1 Å². The molecule has 0 saturated heterocycles. The lowest BCUT2D eigenvalue weighted by atomic mass is 9.73. The van der Waals surface area contributed by atoms with Crippen molar-refractivity contribution in [3.63, 3.8) is 0 Å². The number of fused-ring (bicyclic) bond motifs is 4. The predicted octanol–water partition coefficient (Wildman–Crippen LogP) is 11.1. The number of nitrogens with zero attached hydrogens (tertiary/aromatic N) is 2. The molecule has 0 aliphatic carbocycles. The topological polar surface area (TPSA) is 23.6 Å². The first kappa shape index (κ1) is 28.1. The molecule has 46 heavy (non-hydrogen) atoms. The molecule has 0 fully saturated rings. The Hall–Kier alpha value is -5.41. The van der Waals surface area contributed by atoms with Gasteiger partial charge in [-0.1, -0.05) is 125 Å². The second-order valence-electron chi connectivity index (χ2n) is 13.4. The summed E-state index contributed by atoms with van der Waals surface area (Å²) in [7, 11) is 0. The Bertz CT molecular complexity index is 1910. The zero-order valence-corrected chi connectivity index (χ0v) is 26.7. The first-order valence-electron chi connectivity index (χ1n) is 16.0. The molecule has 6 aromatic carbocycles. The van der Waals surface area contributed by atoms with Crippen LogP contribution >= 0.6 is 0 Å². The van der Waals surface area contributed by atoms with Gasteiger partial charge in [0.15, 0.2) is 5.78 Å². The van der Waals surface area contributed by atoms with E-state index in [2.05, 4.69) is 147 Å². The standard InChI is InChI=1S/C43H36N2O/c1-42(2)33-19-5-9-23-37(33)44(38-24-10-6-20-34(38)42)31-17-13-15-29(27-31)41(46)30-16-14-18-32(28-30)45-39-25-11-7-21-35(39)43(3,4)36-22-8-12-26-40(36)45/h5-28H,1-4H3. The van der Waals surface area contributed by atoms with Gasteiger partial charge in [0.25, 0.3) is 0 Å². The molecular weight excluding hydrogens is 560 g/mol. The predicted molar refractivity (Wildman–Crippen MR) is 190 cm³/mol. The molecule has 0 unspecified atom stereocenters. The van der Waals surface area contributed by atoms with Gasteiger partial charge in [-0.05, 0) is 70.8 Å². The van der Waals surface area contributed by atoms with Crippen LogP contribution in [-0.4, -0.2) is 5.78 Å². The van der Waals surface area contributed by atoms with Gasteiger partial charge in [-0.25, -0.2) is 0 Å². The number of hydrogen-bond donors (Lipinski definition) is 0. The van der Waals surface area contributed by atoms with Crippen LogP contribution in [-0.2, 0) is 10.8 Å². The van der Waals surface area contributed by atoms with Crippen molar-refractivity contribution in [1.82, 2.24) is 0 Å². The first-order chi connectivity index (χ1) is 22.3. The van der Waals surface area contributed by atoms with Gasteiger partial charge >= 0.3 is 0 Å². The van der Waals surface area contributed by atoms with Crippen molar-refractivity contribution < 1.29 is 4.79 Å². The summed E-state index contributed by atoms with van der Waals surface area (Å²) in [6.07, 6.45) is 0. The average molecular weight is 597 g/mol. The third-order valence-electron chi connectivity index (χ3n) is 10.0. The molecule has 0 amide bonds. The highest BCUT2D eigenvalue weighted by molar-refractivity contribution is 6.10. The van der Waals surface area contributed by atoms with E-state index in [1.54, 1.807) is 0 Å². The highest BCUT2D eigenvalue weighted by atomic mass is 16.1. The number of ketones is 1. The Morgan fingerprint density at radius 3 is 1.04 bits per heavy atom. The molecule has 0 bridgehead atoms. The molecule has 0 saturated carbocycles. The van der Waals surface area contributed by atoms with Crippen LogP contribution in [0.2, 0.25) is 0 Å². The number of anilines is 6. The normalized spacial score (nSPS) is 15.3. The molecule has 6 aromatic rings. The van der Waals surface area contributed by atoms with Crippen molar-refractivity contribution in [3.05, 3.63) is 179 Å². The van der Waals surface area contributed by atoms with E-state index in [4.69, 9.17) is 0 Å². The fraction of sp³-hybridized carbons (Fsp3) is 0.140. The zero-order chi connectivity index (χ0) is 31.6. The summed E-state index contributed by atoms with van der Waals surface area (Å²) in [6, 6.07) is 50.5. The minimum absolute atomic E-state index is 0.00141. The average Bonchev–Trinajstić information content (AvgIpc) is 3.09. The fourth-order valence-corrected chi connectivity index (χ4v) is 7.63. The molecule has 0 atom stereocenters. The van der Waals surface area contributed by atoms with Crippen molar-refractivity contribution in [2.45, 2.75) is 38.5 Å². The molecule has 3 nitrogen and oxygen atoms in total. The summed E-state index contributed by atoms with van der Waals surface area (Å²) in [4.78, 5) is 18.9. The Balaban J connectivity index is 1.21. The maximum Gasteiger partial charge on any atom is 0.193 e. The monoisotopic (exact) mass is 596 g/mol. The second kappa shape index (κ2) is 10.3. The van der Waals surface area contributed by atoms with Crippen molar-refractivity contribution in [2.75, 3.05) is 9.80 Å². The van der Waals surface area contributed by atoms with E-state index in [-0.39, 0.29) is 16.6 Å². The number of carbonyl (C=O) groups is 1. The van der Waals surface area contributed by atoms with Crippen molar-refractivity contribution in [2.24, 2.45) is 0 Å². The van der Waals surface area contributed by atoms with Gasteiger partial charge in [-0.15, -0.1) is 0 Å². The Morgan fingerprint density at radius 2 is 0.717 bits per heavy atom. The lowest BCUT2D eigenvalue weighted by Crippen LogP contribution is -2.30. The van der Waals surface area contributed by atoms with Crippen LogP contribution in [0.3, 0.4) is 0 Å². The summed E-state index contributed by atoms with van der Waals surface area (Å²) >= 11 is 0. The molecule has 2 aliphatic rings. The fourth-order valence-electron chi connectivity index (χ4n) is 7.63. The van der Waals surface area contributed by atoms with Crippen molar-refractivity contribution >= 4 is 39.9 Å². The van der Waals surface area contributed by atoms with Crippen LogP contribution in [0.15, 0.2) is 146 Å². The largest absolute Gasteiger partial charge is 0.310 e. The molecule has 0 aromatic heterocycles. The quantitative estimate of drug-likeness (QED) is 0.189. The van der Waals surface area contributed by atoms with Crippen molar-refractivity contribution in [3.8, 4) is 0 Å². The molecule has 0 spiro atoms. The Labute approximate surface area is 271 Å². The molecule has 3 heteroatoms. The molecule has 8 rings (SSSR count). The van der Waals surface area contributed by atoms with Gasteiger partial charge in [0.2, 0.25) is 0 Å². The summed E-state index contributed by atoms with van der Waals surface area (Å²) in [6.45, 7) is 9.15. The maximum absolute atomic E-state index is 14.3. The summed E-state index contributed by atoms with van der Waals surface area (Å²) < 4.78 is 0. The molecule has 0 radical (unpaired) electrons. The summed E-state index contributed by atoms with van der Waals surface area (Å²) in [5, 5.41) is 0. The van der Waals surface area contributed by atoms with Crippen LogP contribution in [0.5, 0.6) is 0 Å². The van der Waals surface area contributed by atoms with Crippen LogP contribution < -0.4 is 9.80 Å². The Kier molecular flexibility index (Phi) is 6.30. The molecular formula is C43H36N2O. The van der Waals surface area contributed by atoms with Crippen LogP contribution in [0.1, 0.15) is 65.9 Å². The second-order valence-corrected chi connectivity index (χ2v) is 13.4. The maximum atomic E-state index is 14.3. The number of para-hydroxylation sites is 4. The highest BCUT2D eigenvalue weighted by Gasteiger charge is 2.38. The lowest BCUT2D eigenvalue weighted by Gasteiger charge is -2.42. The van der Waals surface area contributed by atoms with Gasteiger partial charge in [-0.2, -0.15) is 0 Å². The van der Waals surface area contributed by atoms with E-state index in [1.807, 2.05) is 36.4 Å². The van der Waals surface area contributed by atoms with E-state index >= 15 is 0 Å². The smallest absolute Gasteiger partial charge is 0.193 e. The zero-order valence-electron chi connectivity index (χ0n) is 26.7. The molecule has 0 N–H and O–H groups in total. The third kappa shape index (κ3) is 4.15. The summed E-state index contributed by atoms with van der Waals surface area (Å²) in [5.41, 5.74) is 12.6. The first-order valence-corrected chi connectivity index (χ1v) is 16.0. The van der Waals surface area contributed by atoms with E-state index in [1.165, 1.54) is 22.3 Å². The van der Waals surface area contributed by atoms with Gasteiger partial charge < -0.3 is 9.80 Å². The van der Waals surface area contributed by atoms with Gasteiger partial charge in [-0.3, -0.25) is 4.79 Å². The van der Waals surface area contributed by atoms with Gasteiger partial charge in [0.1, 0.15) is 0 Å². The number of rotatable bonds is 4. The molecule has 224 valence electrons. The highest BCUT2D eigenvalue weighted by Crippen LogP contribution is 2.53. The number of carbonyl (C=O) groups excluding carboxylic acids is 1. The van der Waals surface area contributed by atoms with E-state index in [0.717, 1.165) is 34.1 Å². The minimum Gasteiger partial charge on any atom is -0.310 e. The Morgan fingerprint density at radius 1 is 0.413 bits per heavy atom. The SMILES string of the molecule is CC1(C)c2ccccc2N(c2cccc(C(=O)c3cccc(N4c5ccccc5C(C)(C)c5ccccc54)c3)c2)c2ccccc21. The van der Waals surface area contributed by atoms with E-state index < -0.39 is 0 Å². The lowest BCUT2D eigenvalue weighted by molar-refractivity contribution is 0.103.